The standard InChI is InChI=1S/C22H24F3N3O5/c23-22(24,25)16-3-1-2-14(16)11-33-21(32)26-9-12-4-5-13-10-28(20(31)15(13)8-12)17-6-7-18(29)27-19(17)30/h4-5,8,14,16-17H,1-3,6-7,9-11H2,(H,26,32)(H,27,29,30)/t14-,16+,17+/m0/s1. The minimum Gasteiger partial charge on any atom is -0.449 e. The van der Waals surface area contributed by atoms with Gasteiger partial charge in [-0.3, -0.25) is 19.7 Å². The first-order valence-corrected chi connectivity index (χ1v) is 10.9. The van der Waals surface area contributed by atoms with Gasteiger partial charge in [0.2, 0.25) is 11.8 Å². The summed E-state index contributed by atoms with van der Waals surface area (Å²) in [7, 11) is 0. The van der Waals surface area contributed by atoms with Gasteiger partial charge >= 0.3 is 12.3 Å². The molecule has 33 heavy (non-hydrogen) atoms. The highest BCUT2D eigenvalue weighted by Crippen LogP contribution is 2.43. The van der Waals surface area contributed by atoms with Crippen molar-refractivity contribution in [2.75, 3.05) is 6.61 Å². The second kappa shape index (κ2) is 9.03. The molecule has 2 N–H and O–H groups in total. The zero-order valence-corrected chi connectivity index (χ0v) is 17.7. The maximum absolute atomic E-state index is 13.0. The molecule has 3 aliphatic rings. The lowest BCUT2D eigenvalue weighted by Gasteiger charge is -2.29. The molecular weight excluding hydrogens is 443 g/mol. The van der Waals surface area contributed by atoms with Crippen molar-refractivity contribution in [3.63, 3.8) is 0 Å². The van der Waals surface area contributed by atoms with Gasteiger partial charge in [0.25, 0.3) is 5.91 Å². The van der Waals surface area contributed by atoms with E-state index in [1.54, 1.807) is 18.2 Å². The van der Waals surface area contributed by atoms with Crippen molar-refractivity contribution < 1.29 is 37.1 Å². The summed E-state index contributed by atoms with van der Waals surface area (Å²) in [5.41, 5.74) is 1.75. The highest BCUT2D eigenvalue weighted by atomic mass is 19.4. The number of halogens is 3. The van der Waals surface area contributed by atoms with E-state index in [2.05, 4.69) is 10.6 Å². The monoisotopic (exact) mass is 467 g/mol. The predicted molar refractivity (Wildman–Crippen MR) is 108 cm³/mol. The van der Waals surface area contributed by atoms with E-state index in [-0.39, 0.29) is 50.8 Å². The largest absolute Gasteiger partial charge is 0.449 e. The Morgan fingerprint density at radius 2 is 1.97 bits per heavy atom. The second-order valence-corrected chi connectivity index (χ2v) is 8.68. The molecule has 178 valence electrons. The summed E-state index contributed by atoms with van der Waals surface area (Å²) < 4.78 is 44.0. The Labute approximate surface area is 187 Å². The van der Waals surface area contributed by atoms with Crippen LogP contribution in [0.2, 0.25) is 0 Å². The zero-order chi connectivity index (χ0) is 23.8. The Balaban J connectivity index is 1.30. The van der Waals surface area contributed by atoms with Gasteiger partial charge in [-0.1, -0.05) is 18.6 Å². The number of benzene rings is 1. The molecule has 2 fully saturated rings. The first kappa shape index (κ1) is 23.1. The Bertz CT molecular complexity index is 981. The molecule has 0 spiro atoms. The van der Waals surface area contributed by atoms with Crippen LogP contribution < -0.4 is 10.6 Å². The second-order valence-electron chi connectivity index (χ2n) is 8.68. The summed E-state index contributed by atoms with van der Waals surface area (Å²) in [6.07, 6.45) is -3.80. The van der Waals surface area contributed by atoms with Crippen molar-refractivity contribution in [3.05, 3.63) is 34.9 Å². The molecule has 3 atom stereocenters. The van der Waals surface area contributed by atoms with E-state index in [4.69, 9.17) is 4.74 Å². The van der Waals surface area contributed by atoms with Gasteiger partial charge in [0, 0.05) is 31.0 Å². The summed E-state index contributed by atoms with van der Waals surface area (Å²) in [5, 5.41) is 4.75. The number of amides is 4. The molecule has 11 heteroatoms. The van der Waals surface area contributed by atoms with Gasteiger partial charge < -0.3 is 15.0 Å². The molecule has 0 unspecified atom stereocenters. The lowest BCUT2D eigenvalue weighted by Crippen LogP contribution is -2.52. The fraction of sp³-hybridized carbons (Fsp3) is 0.545. The van der Waals surface area contributed by atoms with Gasteiger partial charge in [0.1, 0.15) is 6.04 Å². The molecule has 1 saturated carbocycles. The average Bonchev–Trinajstić information content (AvgIpc) is 3.36. The number of ether oxygens (including phenoxy) is 1. The van der Waals surface area contributed by atoms with Crippen LogP contribution in [-0.2, 0) is 27.4 Å². The van der Waals surface area contributed by atoms with Crippen molar-refractivity contribution in [1.82, 2.24) is 15.5 Å². The molecule has 8 nitrogen and oxygen atoms in total. The van der Waals surface area contributed by atoms with Gasteiger partial charge in [-0.25, -0.2) is 4.79 Å². The lowest BCUT2D eigenvalue weighted by molar-refractivity contribution is -0.186. The summed E-state index contributed by atoms with van der Waals surface area (Å²) in [5.74, 6) is -3.36. The third kappa shape index (κ3) is 4.96. The third-order valence-electron chi connectivity index (χ3n) is 6.54. The van der Waals surface area contributed by atoms with Crippen LogP contribution in [0.3, 0.4) is 0 Å². The van der Waals surface area contributed by atoms with Crippen LogP contribution in [0.15, 0.2) is 18.2 Å². The molecule has 0 bridgehead atoms. The average molecular weight is 467 g/mol. The number of nitrogens with zero attached hydrogens (tertiary/aromatic N) is 1. The fourth-order valence-corrected chi connectivity index (χ4v) is 4.79. The van der Waals surface area contributed by atoms with E-state index in [1.807, 2.05) is 0 Å². The first-order chi connectivity index (χ1) is 15.6. The number of alkyl carbamates (subject to hydrolysis) is 1. The fourth-order valence-electron chi connectivity index (χ4n) is 4.79. The number of hydrogen-bond acceptors (Lipinski definition) is 5. The highest BCUT2D eigenvalue weighted by molar-refractivity contribution is 6.05. The van der Waals surface area contributed by atoms with Crippen molar-refractivity contribution in [1.29, 1.82) is 0 Å². The predicted octanol–water partition coefficient (Wildman–Crippen LogP) is 2.65. The molecule has 0 aromatic heterocycles. The number of hydrogen-bond donors (Lipinski definition) is 2. The van der Waals surface area contributed by atoms with E-state index in [0.717, 1.165) is 5.56 Å². The molecule has 4 rings (SSSR count). The minimum absolute atomic E-state index is 0.0329. The Hall–Kier alpha value is -3.11. The number of imide groups is 1. The van der Waals surface area contributed by atoms with Crippen LogP contribution in [0, 0.1) is 11.8 Å². The van der Waals surface area contributed by atoms with Crippen LogP contribution in [0.1, 0.15) is 53.6 Å². The van der Waals surface area contributed by atoms with Gasteiger partial charge in [-0.2, -0.15) is 13.2 Å². The van der Waals surface area contributed by atoms with E-state index < -0.39 is 36.1 Å². The molecule has 1 aliphatic carbocycles. The van der Waals surface area contributed by atoms with Crippen molar-refractivity contribution in [3.8, 4) is 0 Å². The minimum atomic E-state index is -4.29. The zero-order valence-electron chi connectivity index (χ0n) is 17.7. The number of carbonyl (C=O) groups is 4. The number of piperidine rings is 1. The van der Waals surface area contributed by atoms with Gasteiger partial charge in [0.05, 0.1) is 12.5 Å². The van der Waals surface area contributed by atoms with Crippen LogP contribution in [0.25, 0.3) is 0 Å². The molecular formula is C22H24F3N3O5. The van der Waals surface area contributed by atoms with Crippen molar-refractivity contribution in [2.24, 2.45) is 11.8 Å². The number of carbonyl (C=O) groups excluding carboxylic acids is 4. The molecule has 4 amide bonds. The van der Waals surface area contributed by atoms with Gasteiger partial charge in [-0.15, -0.1) is 0 Å². The summed E-state index contributed by atoms with van der Waals surface area (Å²) in [6, 6.07) is 4.35. The maximum atomic E-state index is 13.0. The van der Waals surface area contributed by atoms with Crippen LogP contribution in [0.4, 0.5) is 18.0 Å². The van der Waals surface area contributed by atoms with E-state index >= 15 is 0 Å². The maximum Gasteiger partial charge on any atom is 0.407 e. The lowest BCUT2D eigenvalue weighted by atomic mass is 9.96. The normalized spacial score (nSPS) is 25.1. The smallest absolute Gasteiger partial charge is 0.407 e. The first-order valence-electron chi connectivity index (χ1n) is 10.9. The molecule has 1 aromatic carbocycles. The van der Waals surface area contributed by atoms with Gasteiger partial charge in [-0.05, 0) is 36.5 Å². The SMILES string of the molecule is O=C1CC[C@@H](N2Cc3ccc(CNC(=O)OC[C@@H]4CCC[C@H]4C(F)(F)F)cc3C2=O)C(=O)N1. The molecule has 2 aliphatic heterocycles. The van der Waals surface area contributed by atoms with Crippen molar-refractivity contribution in [2.45, 2.75) is 57.4 Å². The van der Waals surface area contributed by atoms with Crippen molar-refractivity contribution >= 4 is 23.8 Å². The van der Waals surface area contributed by atoms with E-state index in [1.165, 1.54) is 4.90 Å². The van der Waals surface area contributed by atoms with Crippen LogP contribution in [0.5, 0.6) is 0 Å². The summed E-state index contributed by atoms with van der Waals surface area (Å²) in [6.45, 7) is -0.0112. The summed E-state index contributed by atoms with van der Waals surface area (Å²) >= 11 is 0. The molecule has 0 radical (unpaired) electrons. The summed E-state index contributed by atoms with van der Waals surface area (Å²) in [4.78, 5) is 49.7. The Morgan fingerprint density at radius 1 is 1.18 bits per heavy atom. The van der Waals surface area contributed by atoms with Gasteiger partial charge in [0.15, 0.2) is 0 Å². The highest BCUT2D eigenvalue weighted by Gasteiger charge is 2.47. The quantitative estimate of drug-likeness (QED) is 0.648. The Morgan fingerprint density at radius 3 is 2.70 bits per heavy atom. The molecule has 1 aromatic rings. The van der Waals surface area contributed by atoms with Crippen LogP contribution in [-0.4, -0.2) is 47.5 Å². The number of rotatable bonds is 5. The van der Waals surface area contributed by atoms with Crippen LogP contribution >= 0.6 is 0 Å². The number of nitrogens with one attached hydrogen (secondary N) is 2. The molecule has 2 heterocycles. The van der Waals surface area contributed by atoms with E-state index in [0.29, 0.717) is 24.0 Å². The number of fused-ring (bicyclic) bond motifs is 1. The third-order valence-corrected chi connectivity index (χ3v) is 6.54. The van der Waals surface area contributed by atoms with E-state index in [9.17, 15) is 32.3 Å². The Kier molecular flexibility index (Phi) is 6.31. The number of alkyl halides is 3. The topological polar surface area (TPSA) is 105 Å². The molecule has 1 saturated heterocycles.